The van der Waals surface area contributed by atoms with E-state index in [-0.39, 0.29) is 16.5 Å². The highest BCUT2D eigenvalue weighted by molar-refractivity contribution is 7.89. The van der Waals surface area contributed by atoms with Crippen molar-refractivity contribution in [3.05, 3.63) is 5.76 Å². The normalized spacial score (nSPS) is 13.8. The number of nitrogen functional groups attached to an aromatic ring is 1. The lowest BCUT2D eigenvalue weighted by molar-refractivity contribution is -0.140. The molecule has 1 rings (SSSR count). The van der Waals surface area contributed by atoms with Crippen LogP contribution in [0.2, 0.25) is 0 Å². The second-order valence-electron chi connectivity index (χ2n) is 4.13. The van der Waals surface area contributed by atoms with Crippen LogP contribution in [0.1, 0.15) is 19.6 Å². The van der Waals surface area contributed by atoms with E-state index in [4.69, 9.17) is 10.8 Å². The van der Waals surface area contributed by atoms with Crippen molar-refractivity contribution in [1.29, 1.82) is 0 Å². The van der Waals surface area contributed by atoms with Crippen LogP contribution in [-0.2, 0) is 14.8 Å². The molecule has 0 aliphatic carbocycles. The highest BCUT2D eigenvalue weighted by atomic mass is 32.2. The smallest absolute Gasteiger partial charge is 0.322 e. The Labute approximate surface area is 104 Å². The molecule has 0 saturated heterocycles. The van der Waals surface area contributed by atoms with Gasteiger partial charge in [-0.2, -0.15) is 4.72 Å². The number of carboxylic acid groups (broad SMARTS) is 1. The zero-order valence-corrected chi connectivity index (χ0v) is 11.0. The van der Waals surface area contributed by atoms with E-state index in [1.807, 2.05) is 0 Å². The molecule has 102 valence electrons. The summed E-state index contributed by atoms with van der Waals surface area (Å²) < 4.78 is 30.7. The number of aryl methyl sites for hydroxylation is 1. The minimum atomic E-state index is -4.08. The van der Waals surface area contributed by atoms with Crippen LogP contribution in [0, 0.1) is 12.8 Å². The van der Waals surface area contributed by atoms with Crippen LogP contribution >= 0.6 is 0 Å². The quantitative estimate of drug-likeness (QED) is 0.686. The second kappa shape index (κ2) is 4.94. The maximum absolute atomic E-state index is 12.0. The van der Waals surface area contributed by atoms with E-state index in [9.17, 15) is 13.2 Å². The Morgan fingerprint density at radius 3 is 2.39 bits per heavy atom. The highest BCUT2D eigenvalue weighted by Gasteiger charge is 2.32. The number of hydrogen-bond donors (Lipinski definition) is 3. The molecule has 0 aromatic carbocycles. The molecule has 0 fully saturated rings. The summed E-state index contributed by atoms with van der Waals surface area (Å²) in [6, 6.07) is -1.25. The SMILES string of the molecule is Cc1onc(N)c1S(=O)(=O)N[C@@H](C(=O)O)C(C)C. The fourth-order valence-corrected chi connectivity index (χ4v) is 2.96. The van der Waals surface area contributed by atoms with Gasteiger partial charge in [-0.05, 0) is 12.8 Å². The third-order valence-corrected chi connectivity index (χ3v) is 3.92. The van der Waals surface area contributed by atoms with Crippen LogP contribution < -0.4 is 10.5 Å². The molecule has 0 saturated carbocycles. The number of carboxylic acids is 1. The van der Waals surface area contributed by atoms with Gasteiger partial charge in [0.15, 0.2) is 16.5 Å². The molecule has 0 unspecified atom stereocenters. The summed E-state index contributed by atoms with van der Waals surface area (Å²) in [5, 5.41) is 12.3. The largest absolute Gasteiger partial charge is 0.480 e. The Morgan fingerprint density at radius 1 is 1.50 bits per heavy atom. The van der Waals surface area contributed by atoms with Crippen LogP contribution in [0.3, 0.4) is 0 Å². The van der Waals surface area contributed by atoms with Crippen LogP contribution in [0.15, 0.2) is 9.42 Å². The first-order chi connectivity index (χ1) is 8.16. The molecule has 0 bridgehead atoms. The molecule has 0 amide bonds. The van der Waals surface area contributed by atoms with Crippen molar-refractivity contribution in [3.8, 4) is 0 Å². The van der Waals surface area contributed by atoms with E-state index in [0.29, 0.717) is 0 Å². The number of sulfonamides is 1. The van der Waals surface area contributed by atoms with Gasteiger partial charge in [0.1, 0.15) is 6.04 Å². The number of nitrogens with zero attached hydrogens (tertiary/aromatic N) is 1. The molecule has 1 heterocycles. The molecule has 4 N–H and O–H groups in total. The van der Waals surface area contributed by atoms with Crippen molar-refractivity contribution in [2.45, 2.75) is 31.7 Å². The molecule has 0 aliphatic rings. The molecular weight excluding hydrogens is 262 g/mol. The third-order valence-electron chi connectivity index (χ3n) is 2.32. The molecule has 9 heteroatoms. The van der Waals surface area contributed by atoms with Crippen molar-refractivity contribution in [3.63, 3.8) is 0 Å². The van der Waals surface area contributed by atoms with Crippen molar-refractivity contribution in [2.75, 3.05) is 5.73 Å². The molecule has 0 radical (unpaired) electrons. The van der Waals surface area contributed by atoms with Gasteiger partial charge in [0.05, 0.1) is 0 Å². The zero-order valence-electron chi connectivity index (χ0n) is 10.2. The predicted octanol–water partition coefficient (Wildman–Crippen LogP) is -0.0473. The summed E-state index contributed by atoms with van der Waals surface area (Å²) in [5.41, 5.74) is 5.38. The van der Waals surface area contributed by atoms with Gasteiger partial charge in [-0.25, -0.2) is 8.42 Å². The Balaban J connectivity index is 3.13. The van der Waals surface area contributed by atoms with E-state index in [2.05, 4.69) is 14.4 Å². The van der Waals surface area contributed by atoms with Crippen LogP contribution in [0.5, 0.6) is 0 Å². The number of aliphatic carboxylic acids is 1. The van der Waals surface area contributed by atoms with Crippen molar-refractivity contribution in [2.24, 2.45) is 5.92 Å². The maximum atomic E-state index is 12.0. The Kier molecular flexibility index (Phi) is 3.97. The number of aromatic nitrogens is 1. The fourth-order valence-electron chi connectivity index (χ4n) is 1.41. The fraction of sp³-hybridized carbons (Fsp3) is 0.556. The summed E-state index contributed by atoms with van der Waals surface area (Å²) in [6.07, 6.45) is 0. The first-order valence-corrected chi connectivity index (χ1v) is 6.62. The van der Waals surface area contributed by atoms with E-state index >= 15 is 0 Å². The summed E-state index contributed by atoms with van der Waals surface area (Å²) in [4.78, 5) is 10.6. The van der Waals surface area contributed by atoms with E-state index in [1.54, 1.807) is 13.8 Å². The van der Waals surface area contributed by atoms with E-state index in [1.165, 1.54) is 6.92 Å². The van der Waals surface area contributed by atoms with Crippen LogP contribution in [-0.4, -0.2) is 30.7 Å². The predicted molar refractivity (Wildman–Crippen MR) is 62.2 cm³/mol. The third kappa shape index (κ3) is 2.79. The summed E-state index contributed by atoms with van der Waals surface area (Å²) in [7, 11) is -4.08. The summed E-state index contributed by atoms with van der Waals surface area (Å²) in [5.74, 6) is -1.97. The molecular formula is C9H15N3O5S. The first kappa shape index (κ1) is 14.5. The van der Waals surface area contributed by atoms with Crippen molar-refractivity contribution >= 4 is 21.8 Å². The Morgan fingerprint density at radius 2 is 2.06 bits per heavy atom. The van der Waals surface area contributed by atoms with Crippen molar-refractivity contribution < 1.29 is 22.8 Å². The van der Waals surface area contributed by atoms with Crippen LogP contribution in [0.4, 0.5) is 5.82 Å². The van der Waals surface area contributed by atoms with Gasteiger partial charge in [-0.15, -0.1) is 0 Å². The number of rotatable bonds is 5. The number of carbonyl (C=O) groups is 1. The molecule has 0 aliphatic heterocycles. The number of nitrogens with one attached hydrogen (secondary N) is 1. The standard InChI is InChI=1S/C9H15N3O5S/c1-4(2)6(9(13)14)12-18(15,16)7-5(3)17-11-8(7)10/h4,6,12H,1-3H3,(H2,10,11)(H,13,14)/t6-/m1/s1. The van der Waals surface area contributed by atoms with Gasteiger partial charge in [-0.1, -0.05) is 19.0 Å². The number of hydrogen-bond acceptors (Lipinski definition) is 6. The first-order valence-electron chi connectivity index (χ1n) is 5.13. The van der Waals surface area contributed by atoms with E-state index < -0.39 is 28.0 Å². The minimum Gasteiger partial charge on any atom is -0.480 e. The van der Waals surface area contributed by atoms with Crippen LogP contribution in [0.25, 0.3) is 0 Å². The van der Waals surface area contributed by atoms with Gasteiger partial charge in [0.2, 0.25) is 10.0 Å². The summed E-state index contributed by atoms with van der Waals surface area (Å²) in [6.45, 7) is 4.55. The lowest BCUT2D eigenvalue weighted by atomic mass is 10.1. The average Bonchev–Trinajstić information content (AvgIpc) is 2.54. The van der Waals surface area contributed by atoms with Gasteiger partial charge in [0.25, 0.3) is 0 Å². The molecule has 1 atom stereocenters. The lowest BCUT2D eigenvalue weighted by Gasteiger charge is -2.17. The zero-order chi connectivity index (χ0) is 14.1. The maximum Gasteiger partial charge on any atom is 0.322 e. The monoisotopic (exact) mass is 277 g/mol. The van der Waals surface area contributed by atoms with Gasteiger partial charge < -0.3 is 15.4 Å². The van der Waals surface area contributed by atoms with Gasteiger partial charge >= 0.3 is 5.97 Å². The molecule has 18 heavy (non-hydrogen) atoms. The second-order valence-corrected chi connectivity index (χ2v) is 5.79. The topological polar surface area (TPSA) is 136 Å². The van der Waals surface area contributed by atoms with Gasteiger partial charge in [-0.3, -0.25) is 4.79 Å². The Bertz CT molecular complexity index is 529. The highest BCUT2D eigenvalue weighted by Crippen LogP contribution is 2.22. The number of nitrogens with two attached hydrogens (primary N) is 1. The van der Waals surface area contributed by atoms with Crippen molar-refractivity contribution in [1.82, 2.24) is 9.88 Å². The minimum absolute atomic E-state index is 0.00731. The number of anilines is 1. The lowest BCUT2D eigenvalue weighted by Crippen LogP contribution is -2.44. The molecule has 8 nitrogen and oxygen atoms in total. The molecule has 0 spiro atoms. The summed E-state index contributed by atoms with van der Waals surface area (Å²) >= 11 is 0. The molecule has 1 aromatic heterocycles. The van der Waals surface area contributed by atoms with E-state index in [0.717, 1.165) is 0 Å². The Hall–Kier alpha value is -1.61. The van der Waals surface area contributed by atoms with Gasteiger partial charge in [0, 0.05) is 0 Å². The average molecular weight is 277 g/mol. The molecule has 1 aromatic rings.